The monoisotopic (exact) mass is 258 g/mol. The van der Waals surface area contributed by atoms with Gasteiger partial charge >= 0.3 is 0 Å². The molecule has 0 saturated carbocycles. The zero-order valence-electron chi connectivity index (χ0n) is 12.3. The summed E-state index contributed by atoms with van der Waals surface area (Å²) >= 11 is 0. The van der Waals surface area contributed by atoms with Crippen LogP contribution in [0.3, 0.4) is 0 Å². The molecule has 1 heterocycles. The van der Waals surface area contributed by atoms with Gasteiger partial charge in [0.25, 0.3) is 5.56 Å². The summed E-state index contributed by atoms with van der Waals surface area (Å²) in [5.41, 5.74) is 8.84. The number of hydrogen-bond donors (Lipinski definition) is 1. The first-order valence-electron chi connectivity index (χ1n) is 6.61. The highest BCUT2D eigenvalue weighted by Gasteiger charge is 2.16. The van der Waals surface area contributed by atoms with Gasteiger partial charge in [0.1, 0.15) is 0 Å². The molecular weight excluding hydrogens is 236 g/mol. The maximum Gasteiger partial charge on any atom is 0.255 e. The highest BCUT2D eigenvalue weighted by atomic mass is 16.1. The minimum Gasteiger partial charge on any atom is -0.324 e. The molecule has 1 aromatic heterocycles. The Morgan fingerprint density at radius 2 is 1.84 bits per heavy atom. The van der Waals surface area contributed by atoms with E-state index in [1.807, 2.05) is 19.1 Å². The number of hydrogen-bond acceptors (Lipinski definition) is 2. The van der Waals surface area contributed by atoms with Crippen LogP contribution >= 0.6 is 0 Å². The van der Waals surface area contributed by atoms with Crippen molar-refractivity contribution in [3.05, 3.63) is 45.7 Å². The molecule has 0 bridgehead atoms. The van der Waals surface area contributed by atoms with Crippen molar-refractivity contribution in [3.8, 4) is 0 Å². The van der Waals surface area contributed by atoms with Crippen LogP contribution in [0.4, 0.5) is 0 Å². The van der Waals surface area contributed by atoms with Crippen LogP contribution in [0, 0.1) is 0 Å². The zero-order chi connectivity index (χ0) is 14.4. The van der Waals surface area contributed by atoms with Crippen molar-refractivity contribution in [1.29, 1.82) is 0 Å². The second-order valence-electron chi connectivity index (χ2n) is 6.28. The lowest BCUT2D eigenvalue weighted by Crippen LogP contribution is -2.25. The molecular formula is C16H22N2O. The summed E-state index contributed by atoms with van der Waals surface area (Å²) in [5, 5.41) is 1.07. The first kappa shape index (κ1) is 13.8. The average molecular weight is 258 g/mol. The summed E-state index contributed by atoms with van der Waals surface area (Å²) in [7, 11) is 1.80. The molecule has 2 aromatic rings. The highest BCUT2D eigenvalue weighted by molar-refractivity contribution is 5.80. The topological polar surface area (TPSA) is 48.0 Å². The Morgan fingerprint density at radius 3 is 2.37 bits per heavy atom. The Labute approximate surface area is 114 Å². The predicted octanol–water partition coefficient (Wildman–Crippen LogP) is 2.86. The van der Waals surface area contributed by atoms with E-state index in [2.05, 4.69) is 32.9 Å². The van der Waals surface area contributed by atoms with Gasteiger partial charge in [0.15, 0.2) is 0 Å². The minimum absolute atomic E-state index is 0.00833. The number of aryl methyl sites for hydroxylation is 1. The number of pyridine rings is 1. The molecule has 0 radical (unpaired) electrons. The fourth-order valence-corrected chi connectivity index (χ4v) is 2.30. The average Bonchev–Trinajstić information content (AvgIpc) is 2.31. The van der Waals surface area contributed by atoms with Gasteiger partial charge in [-0.2, -0.15) is 0 Å². The summed E-state index contributed by atoms with van der Waals surface area (Å²) < 4.78 is 1.68. The number of aromatic nitrogens is 1. The quantitative estimate of drug-likeness (QED) is 0.855. The van der Waals surface area contributed by atoms with Crippen molar-refractivity contribution < 1.29 is 0 Å². The largest absolute Gasteiger partial charge is 0.324 e. The van der Waals surface area contributed by atoms with Crippen LogP contribution in [0.15, 0.2) is 29.1 Å². The molecule has 1 atom stereocenters. The molecule has 3 heteroatoms. The van der Waals surface area contributed by atoms with Crippen molar-refractivity contribution in [2.45, 2.75) is 39.2 Å². The number of rotatable bonds is 1. The third kappa shape index (κ3) is 2.43. The van der Waals surface area contributed by atoms with E-state index in [1.54, 1.807) is 11.6 Å². The van der Waals surface area contributed by atoms with Crippen molar-refractivity contribution in [1.82, 2.24) is 4.57 Å². The Kier molecular flexibility index (Phi) is 3.27. The summed E-state index contributed by atoms with van der Waals surface area (Å²) in [6.45, 7) is 8.39. The lowest BCUT2D eigenvalue weighted by molar-refractivity contribution is 0.591. The van der Waals surface area contributed by atoms with E-state index in [0.717, 1.165) is 10.9 Å². The minimum atomic E-state index is -0.249. The van der Waals surface area contributed by atoms with E-state index in [4.69, 9.17) is 5.73 Å². The Morgan fingerprint density at radius 1 is 1.21 bits per heavy atom. The highest BCUT2D eigenvalue weighted by Crippen LogP contribution is 2.26. The molecule has 19 heavy (non-hydrogen) atoms. The summed E-state index contributed by atoms with van der Waals surface area (Å²) in [5.74, 6) is 0. The van der Waals surface area contributed by atoms with Gasteiger partial charge in [-0.1, -0.05) is 26.8 Å². The predicted molar refractivity (Wildman–Crippen MR) is 80.5 cm³/mol. The van der Waals surface area contributed by atoms with Gasteiger partial charge in [-0.25, -0.2) is 0 Å². The van der Waals surface area contributed by atoms with E-state index in [9.17, 15) is 4.79 Å². The molecule has 0 fully saturated rings. The molecule has 102 valence electrons. The molecule has 0 saturated heterocycles. The van der Waals surface area contributed by atoms with Crippen LogP contribution in [-0.2, 0) is 12.5 Å². The van der Waals surface area contributed by atoms with Crippen LogP contribution in [0.5, 0.6) is 0 Å². The van der Waals surface area contributed by atoms with Crippen molar-refractivity contribution >= 4 is 10.9 Å². The molecule has 0 aliphatic carbocycles. The Hall–Kier alpha value is -1.61. The lowest BCUT2D eigenvalue weighted by Gasteiger charge is -2.20. The van der Waals surface area contributed by atoms with Crippen LogP contribution in [0.25, 0.3) is 10.9 Å². The van der Waals surface area contributed by atoms with E-state index >= 15 is 0 Å². The molecule has 0 aliphatic rings. The zero-order valence-corrected chi connectivity index (χ0v) is 12.3. The third-order valence-electron chi connectivity index (χ3n) is 3.61. The first-order chi connectivity index (χ1) is 8.71. The van der Waals surface area contributed by atoms with Crippen molar-refractivity contribution in [3.63, 3.8) is 0 Å². The first-order valence-corrected chi connectivity index (χ1v) is 6.61. The van der Waals surface area contributed by atoms with Gasteiger partial charge in [-0.3, -0.25) is 4.79 Å². The van der Waals surface area contributed by atoms with Gasteiger partial charge in [0, 0.05) is 18.7 Å². The second kappa shape index (κ2) is 4.49. The van der Waals surface area contributed by atoms with Crippen molar-refractivity contribution in [2.24, 2.45) is 12.8 Å². The van der Waals surface area contributed by atoms with E-state index < -0.39 is 0 Å². The molecule has 2 rings (SSSR count). The van der Waals surface area contributed by atoms with Crippen LogP contribution in [0.1, 0.15) is 44.9 Å². The standard InChI is InChI=1S/C16H22N2O/c1-10(17)13-9-11-8-12(16(2,3)4)6-7-14(11)18(5)15(13)19/h6-10H,17H2,1-5H3. The van der Waals surface area contributed by atoms with Gasteiger partial charge < -0.3 is 10.3 Å². The van der Waals surface area contributed by atoms with Crippen LogP contribution in [-0.4, -0.2) is 4.57 Å². The van der Waals surface area contributed by atoms with E-state index in [1.165, 1.54) is 5.56 Å². The molecule has 1 aromatic carbocycles. The van der Waals surface area contributed by atoms with Gasteiger partial charge in [-0.15, -0.1) is 0 Å². The number of fused-ring (bicyclic) bond motifs is 1. The van der Waals surface area contributed by atoms with Gasteiger partial charge in [0.2, 0.25) is 0 Å². The maximum atomic E-state index is 12.2. The molecule has 3 nitrogen and oxygen atoms in total. The van der Waals surface area contributed by atoms with Crippen molar-refractivity contribution in [2.75, 3.05) is 0 Å². The third-order valence-corrected chi connectivity index (χ3v) is 3.61. The van der Waals surface area contributed by atoms with E-state index in [-0.39, 0.29) is 17.0 Å². The second-order valence-corrected chi connectivity index (χ2v) is 6.28. The summed E-state index contributed by atoms with van der Waals surface area (Å²) in [6, 6.07) is 7.94. The van der Waals surface area contributed by atoms with Gasteiger partial charge in [-0.05, 0) is 41.5 Å². The Balaban J connectivity index is 2.80. The fourth-order valence-electron chi connectivity index (χ4n) is 2.30. The van der Waals surface area contributed by atoms with Crippen LogP contribution < -0.4 is 11.3 Å². The lowest BCUT2D eigenvalue weighted by atomic mass is 9.86. The molecule has 0 amide bonds. The Bertz CT molecular complexity index is 675. The van der Waals surface area contributed by atoms with E-state index in [0.29, 0.717) is 5.56 Å². The molecule has 2 N–H and O–H groups in total. The fraction of sp³-hybridized carbons (Fsp3) is 0.438. The number of nitrogens with two attached hydrogens (primary N) is 1. The molecule has 0 aliphatic heterocycles. The normalized spacial score (nSPS) is 13.8. The number of benzene rings is 1. The summed E-state index contributed by atoms with van der Waals surface area (Å²) in [6.07, 6.45) is 0. The molecule has 1 unspecified atom stereocenters. The smallest absolute Gasteiger partial charge is 0.255 e. The SMILES string of the molecule is CC(N)c1cc2cc(C(C)(C)C)ccc2n(C)c1=O. The summed E-state index contributed by atoms with van der Waals surface area (Å²) in [4.78, 5) is 12.2. The maximum absolute atomic E-state index is 12.2. The van der Waals surface area contributed by atoms with Crippen LogP contribution in [0.2, 0.25) is 0 Å². The van der Waals surface area contributed by atoms with Gasteiger partial charge in [0.05, 0.1) is 5.52 Å². The number of nitrogens with zero attached hydrogens (tertiary/aromatic N) is 1. The molecule has 0 spiro atoms.